The molecule has 0 fully saturated rings. The summed E-state index contributed by atoms with van der Waals surface area (Å²) in [6.07, 6.45) is 1.37. The molecule has 0 radical (unpaired) electrons. The van der Waals surface area contributed by atoms with Crippen molar-refractivity contribution in [2.75, 3.05) is 11.4 Å². The number of carboxylic acids is 1. The molecule has 1 aromatic heterocycles. The Morgan fingerprint density at radius 1 is 1.21 bits per heavy atom. The van der Waals surface area contributed by atoms with Gasteiger partial charge in [-0.1, -0.05) is 39.7 Å². The van der Waals surface area contributed by atoms with Crippen LogP contribution in [0.4, 0.5) is 5.82 Å². The van der Waals surface area contributed by atoms with Gasteiger partial charge in [0.05, 0.1) is 5.56 Å². The number of aromatic nitrogens is 1. The highest BCUT2D eigenvalue weighted by molar-refractivity contribution is 9.10. The minimum atomic E-state index is -0.990. The van der Waals surface area contributed by atoms with Crippen molar-refractivity contribution in [3.63, 3.8) is 0 Å². The minimum Gasteiger partial charge on any atom is -0.489 e. The predicted molar refractivity (Wildman–Crippen MR) is 118 cm³/mol. The summed E-state index contributed by atoms with van der Waals surface area (Å²) in [6, 6.07) is 16.7. The number of rotatable bonds is 8. The SMILES string of the molecule is CCN(Cc1cc(Br)ccc1OCc1cccc(Cl)c1)c1ccc(C(=O)O)cn1. The Labute approximate surface area is 183 Å². The highest BCUT2D eigenvalue weighted by Gasteiger charge is 2.13. The highest BCUT2D eigenvalue weighted by Crippen LogP contribution is 2.27. The summed E-state index contributed by atoms with van der Waals surface area (Å²) in [6.45, 7) is 3.71. The number of hydrogen-bond donors (Lipinski definition) is 1. The zero-order valence-electron chi connectivity index (χ0n) is 15.8. The first-order chi connectivity index (χ1) is 14.0. The fourth-order valence-corrected chi connectivity index (χ4v) is 3.48. The molecule has 0 saturated carbocycles. The van der Waals surface area contributed by atoms with Crippen molar-refractivity contribution in [2.24, 2.45) is 0 Å². The van der Waals surface area contributed by atoms with Crippen LogP contribution in [-0.2, 0) is 13.2 Å². The Morgan fingerprint density at radius 3 is 2.69 bits per heavy atom. The lowest BCUT2D eigenvalue weighted by atomic mass is 10.1. The molecule has 7 heteroatoms. The number of hydrogen-bond acceptors (Lipinski definition) is 4. The maximum absolute atomic E-state index is 11.1. The van der Waals surface area contributed by atoms with Crippen molar-refractivity contribution in [3.8, 4) is 5.75 Å². The van der Waals surface area contributed by atoms with Gasteiger partial charge in [-0.15, -0.1) is 0 Å². The molecule has 0 aliphatic carbocycles. The van der Waals surface area contributed by atoms with E-state index in [-0.39, 0.29) is 5.56 Å². The second kappa shape index (κ2) is 9.76. The van der Waals surface area contributed by atoms with E-state index in [0.29, 0.717) is 30.5 Å². The quantitative estimate of drug-likeness (QED) is 0.446. The van der Waals surface area contributed by atoms with Crippen LogP contribution < -0.4 is 9.64 Å². The van der Waals surface area contributed by atoms with E-state index in [1.54, 1.807) is 12.1 Å². The third-order valence-electron chi connectivity index (χ3n) is 4.37. The van der Waals surface area contributed by atoms with Crippen LogP contribution in [0.5, 0.6) is 5.75 Å². The number of nitrogens with zero attached hydrogens (tertiary/aromatic N) is 2. The number of pyridine rings is 1. The topological polar surface area (TPSA) is 62.7 Å². The van der Waals surface area contributed by atoms with Gasteiger partial charge >= 0.3 is 5.97 Å². The summed E-state index contributed by atoms with van der Waals surface area (Å²) in [5.74, 6) is 0.489. The fraction of sp³-hybridized carbons (Fsp3) is 0.182. The van der Waals surface area contributed by atoms with Gasteiger partial charge in [-0.25, -0.2) is 9.78 Å². The van der Waals surface area contributed by atoms with Gasteiger partial charge in [0, 0.05) is 34.3 Å². The van der Waals surface area contributed by atoms with E-state index in [1.807, 2.05) is 49.4 Å². The van der Waals surface area contributed by atoms with Crippen LogP contribution in [0.25, 0.3) is 0 Å². The second-order valence-corrected chi connectivity index (χ2v) is 7.75. The van der Waals surface area contributed by atoms with E-state index >= 15 is 0 Å². The van der Waals surface area contributed by atoms with E-state index in [1.165, 1.54) is 6.20 Å². The largest absolute Gasteiger partial charge is 0.489 e. The van der Waals surface area contributed by atoms with Gasteiger partial charge in [0.15, 0.2) is 0 Å². The first-order valence-electron chi connectivity index (χ1n) is 9.06. The molecule has 2 aromatic carbocycles. The molecule has 0 saturated heterocycles. The Hall–Kier alpha value is -2.57. The summed E-state index contributed by atoms with van der Waals surface area (Å²) >= 11 is 9.58. The van der Waals surface area contributed by atoms with Gasteiger partial charge in [0.2, 0.25) is 0 Å². The van der Waals surface area contributed by atoms with E-state index in [0.717, 1.165) is 21.3 Å². The van der Waals surface area contributed by atoms with Crippen LogP contribution in [0, 0.1) is 0 Å². The summed E-state index contributed by atoms with van der Waals surface area (Å²) in [5, 5.41) is 9.74. The smallest absolute Gasteiger partial charge is 0.337 e. The highest BCUT2D eigenvalue weighted by atomic mass is 79.9. The molecule has 0 atom stereocenters. The first-order valence-corrected chi connectivity index (χ1v) is 10.2. The summed E-state index contributed by atoms with van der Waals surface area (Å²) in [4.78, 5) is 17.4. The molecule has 3 aromatic rings. The van der Waals surface area contributed by atoms with Crippen molar-refractivity contribution >= 4 is 39.3 Å². The van der Waals surface area contributed by atoms with Crippen LogP contribution in [0.1, 0.15) is 28.4 Å². The lowest BCUT2D eigenvalue weighted by Crippen LogP contribution is -2.23. The van der Waals surface area contributed by atoms with E-state index in [9.17, 15) is 4.79 Å². The number of aromatic carboxylic acids is 1. The maximum atomic E-state index is 11.1. The average Bonchev–Trinajstić information content (AvgIpc) is 2.71. The van der Waals surface area contributed by atoms with Crippen molar-refractivity contribution in [1.82, 2.24) is 4.98 Å². The number of ether oxygens (including phenoxy) is 1. The fourth-order valence-electron chi connectivity index (χ4n) is 2.86. The first kappa shape index (κ1) is 21.1. The minimum absolute atomic E-state index is 0.165. The van der Waals surface area contributed by atoms with Gasteiger partial charge in [0.25, 0.3) is 0 Å². The third-order valence-corrected chi connectivity index (χ3v) is 5.10. The number of anilines is 1. The second-order valence-electron chi connectivity index (χ2n) is 6.40. The number of carbonyl (C=O) groups is 1. The molecule has 1 N–H and O–H groups in total. The van der Waals surface area contributed by atoms with Crippen LogP contribution in [-0.4, -0.2) is 22.6 Å². The van der Waals surface area contributed by atoms with Crippen molar-refractivity contribution < 1.29 is 14.6 Å². The lowest BCUT2D eigenvalue weighted by Gasteiger charge is -2.23. The number of halogens is 2. The molecule has 5 nitrogen and oxygen atoms in total. The predicted octanol–water partition coefficient (Wildman–Crippen LogP) is 5.80. The van der Waals surface area contributed by atoms with Gasteiger partial charge in [0.1, 0.15) is 18.2 Å². The standard InChI is InChI=1S/C22H20BrClN2O3/c1-2-26(21-9-6-16(12-25-21)22(27)28)13-17-11-18(23)7-8-20(17)29-14-15-4-3-5-19(24)10-15/h3-12H,2,13-14H2,1H3,(H,27,28). The van der Waals surface area contributed by atoms with Crippen LogP contribution >= 0.6 is 27.5 Å². The molecule has 0 unspecified atom stereocenters. The lowest BCUT2D eigenvalue weighted by molar-refractivity contribution is 0.0696. The monoisotopic (exact) mass is 474 g/mol. The molecular weight excluding hydrogens is 456 g/mol. The summed E-state index contributed by atoms with van der Waals surface area (Å²) < 4.78 is 7.01. The number of carboxylic acid groups (broad SMARTS) is 1. The molecule has 1 heterocycles. The van der Waals surface area contributed by atoms with E-state index in [2.05, 4.69) is 25.8 Å². The average molecular weight is 476 g/mol. The van der Waals surface area contributed by atoms with Gasteiger partial charge < -0.3 is 14.7 Å². The molecule has 0 spiro atoms. The molecule has 29 heavy (non-hydrogen) atoms. The van der Waals surface area contributed by atoms with E-state index in [4.69, 9.17) is 21.4 Å². The Bertz CT molecular complexity index is 996. The zero-order valence-corrected chi connectivity index (χ0v) is 18.2. The third kappa shape index (κ3) is 5.71. The van der Waals surface area contributed by atoms with Crippen LogP contribution in [0.2, 0.25) is 5.02 Å². The van der Waals surface area contributed by atoms with Gasteiger partial charge in [-0.2, -0.15) is 0 Å². The van der Waals surface area contributed by atoms with E-state index < -0.39 is 5.97 Å². The van der Waals surface area contributed by atoms with Crippen molar-refractivity contribution in [3.05, 3.63) is 87.0 Å². The molecule has 0 aliphatic heterocycles. The normalized spacial score (nSPS) is 10.6. The Balaban J connectivity index is 1.79. The molecule has 0 aliphatic rings. The summed E-state index contributed by atoms with van der Waals surface area (Å²) in [5.41, 5.74) is 2.15. The van der Waals surface area contributed by atoms with Crippen LogP contribution in [0.15, 0.2) is 65.3 Å². The summed E-state index contributed by atoms with van der Waals surface area (Å²) in [7, 11) is 0. The molecule has 3 rings (SSSR count). The molecule has 0 bridgehead atoms. The Morgan fingerprint density at radius 2 is 2.03 bits per heavy atom. The zero-order chi connectivity index (χ0) is 20.8. The van der Waals surface area contributed by atoms with Crippen molar-refractivity contribution in [2.45, 2.75) is 20.1 Å². The van der Waals surface area contributed by atoms with Crippen LogP contribution in [0.3, 0.4) is 0 Å². The molecule has 0 amide bonds. The maximum Gasteiger partial charge on any atom is 0.337 e. The number of benzene rings is 2. The molecule has 150 valence electrons. The Kier molecular flexibility index (Phi) is 7.12. The molecular formula is C22H20BrClN2O3. The van der Waals surface area contributed by atoms with Crippen molar-refractivity contribution in [1.29, 1.82) is 0 Å². The van der Waals surface area contributed by atoms with Gasteiger partial charge in [-0.3, -0.25) is 0 Å². The van der Waals surface area contributed by atoms with Gasteiger partial charge in [-0.05, 0) is 55.0 Å².